The maximum Gasteiger partial charge on any atom is 0.274 e. The second-order valence-corrected chi connectivity index (χ2v) is 18.5. The van der Waals surface area contributed by atoms with Gasteiger partial charge in [-0.15, -0.1) is 11.3 Å². The number of likely N-dealkylation sites (N-methyl/N-ethyl adjacent to an activating group) is 1. The third kappa shape index (κ3) is 11.9. The number of pyridine rings is 1. The highest BCUT2D eigenvalue weighted by Crippen LogP contribution is 2.36. The molecule has 368 valence electrons. The summed E-state index contributed by atoms with van der Waals surface area (Å²) >= 11 is 1.64. The quantitative estimate of drug-likeness (QED) is 0.0878. The standard InChI is InChI=1S/C48H62F2N8O9S/c1-31(51-2)46(59)53-42(32-7-5-4-6-8-32)47(60)57-16-18-58(19-17-57)48(61)43-44(35-28-36(49)37(50)29-39(35)55(43)3)65-25-23-63-21-20-62-22-24-64-41-27-34(67-54-41)30-56-14-10-33(11-15-56)66-40-9-13-52-38-12-26-68-45(38)40/h9,12-13,26-29,31-33,42,51H,4-8,10-11,14-25,30H2,1-3H3,(H,53,59)/t31-,42?/m0/s1. The summed E-state index contributed by atoms with van der Waals surface area (Å²) in [6.07, 6.45) is 8.60. The van der Waals surface area contributed by atoms with E-state index < -0.39 is 29.6 Å². The monoisotopic (exact) mass is 964 g/mol. The summed E-state index contributed by atoms with van der Waals surface area (Å²) in [6, 6.07) is 6.72. The number of amides is 3. The molecule has 1 aliphatic carbocycles. The van der Waals surface area contributed by atoms with Gasteiger partial charge in [-0.2, -0.15) is 0 Å². The highest BCUT2D eigenvalue weighted by Gasteiger charge is 2.37. The molecule has 2 aliphatic heterocycles. The fraction of sp³-hybridized carbons (Fsp3) is 0.562. The Morgan fingerprint density at radius 2 is 1.56 bits per heavy atom. The second-order valence-electron chi connectivity index (χ2n) is 17.6. The van der Waals surface area contributed by atoms with E-state index in [1.165, 1.54) is 4.57 Å². The number of ether oxygens (including phenoxy) is 5. The number of likely N-dealkylation sites (tertiary alicyclic amines) is 1. The molecule has 3 aliphatic rings. The number of hydrogen-bond donors (Lipinski definition) is 2. The van der Waals surface area contributed by atoms with Crippen LogP contribution in [0.1, 0.15) is 68.1 Å². The van der Waals surface area contributed by atoms with Gasteiger partial charge in [0.1, 0.15) is 31.1 Å². The van der Waals surface area contributed by atoms with Gasteiger partial charge in [0.25, 0.3) is 11.8 Å². The molecular formula is C48H62F2N8O9S. The first-order valence-corrected chi connectivity index (χ1v) is 24.6. The maximum absolute atomic E-state index is 14.6. The van der Waals surface area contributed by atoms with Crippen LogP contribution in [0.4, 0.5) is 8.78 Å². The molecule has 0 spiro atoms. The molecular weight excluding hydrogens is 903 g/mol. The van der Waals surface area contributed by atoms with Crippen molar-refractivity contribution in [2.75, 3.05) is 86.0 Å². The zero-order valence-corrected chi connectivity index (χ0v) is 39.8. The molecule has 2 N–H and O–H groups in total. The molecule has 2 saturated heterocycles. The van der Waals surface area contributed by atoms with Gasteiger partial charge in [0.2, 0.25) is 11.8 Å². The predicted octanol–water partition coefficient (Wildman–Crippen LogP) is 5.55. The zero-order chi connectivity index (χ0) is 47.6. The van der Waals surface area contributed by atoms with E-state index in [1.54, 1.807) is 54.4 Å². The van der Waals surface area contributed by atoms with Crippen molar-refractivity contribution in [2.24, 2.45) is 13.0 Å². The fourth-order valence-corrected chi connectivity index (χ4v) is 10.0. The average Bonchev–Trinajstić information content (AvgIpc) is 4.10. The summed E-state index contributed by atoms with van der Waals surface area (Å²) in [6.45, 7) is 6.37. The summed E-state index contributed by atoms with van der Waals surface area (Å²) in [7, 11) is 3.31. The second kappa shape index (κ2) is 23.3. The minimum atomic E-state index is -1.07. The van der Waals surface area contributed by atoms with E-state index >= 15 is 0 Å². The molecule has 1 unspecified atom stereocenters. The number of nitrogens with zero attached hydrogens (tertiary/aromatic N) is 6. The molecule has 2 atom stereocenters. The van der Waals surface area contributed by atoms with Crippen molar-refractivity contribution in [2.45, 2.75) is 76.6 Å². The number of carbonyl (C=O) groups excluding carboxylic acids is 3. The van der Waals surface area contributed by atoms with E-state index in [2.05, 4.69) is 25.7 Å². The number of piperidine rings is 1. The van der Waals surface area contributed by atoms with Crippen LogP contribution in [0.15, 0.2) is 46.4 Å². The van der Waals surface area contributed by atoms with Gasteiger partial charge in [0.15, 0.2) is 28.8 Å². The highest BCUT2D eigenvalue weighted by molar-refractivity contribution is 7.17. The number of carbonyl (C=O) groups is 3. The third-order valence-electron chi connectivity index (χ3n) is 13.2. The third-order valence-corrected chi connectivity index (χ3v) is 14.1. The highest BCUT2D eigenvalue weighted by atomic mass is 32.1. The molecule has 0 radical (unpaired) electrons. The van der Waals surface area contributed by atoms with E-state index in [0.717, 1.165) is 91.9 Å². The van der Waals surface area contributed by atoms with Crippen molar-refractivity contribution >= 4 is 50.2 Å². The number of hydrogen-bond acceptors (Lipinski definition) is 14. The molecule has 3 amide bonds. The van der Waals surface area contributed by atoms with Crippen LogP contribution in [0.25, 0.3) is 21.1 Å². The van der Waals surface area contributed by atoms with Gasteiger partial charge in [-0.05, 0) is 74.3 Å². The molecule has 0 bridgehead atoms. The number of aromatic nitrogens is 3. The lowest BCUT2D eigenvalue weighted by atomic mass is 9.83. The van der Waals surface area contributed by atoms with Gasteiger partial charge in [-0.1, -0.05) is 19.3 Å². The Kier molecular flexibility index (Phi) is 16.8. The first kappa shape index (κ1) is 49.0. The minimum absolute atomic E-state index is 0.0227. The molecule has 6 heterocycles. The van der Waals surface area contributed by atoms with Crippen molar-refractivity contribution in [1.82, 2.24) is 40.0 Å². The SMILES string of the molecule is CN[C@@H](C)C(=O)NC(C(=O)N1CCN(C(=O)c2c(OCCOCCOCCOc3cc(CN4CCC(Oc5ccnc6ccsc56)CC4)on3)c3cc(F)c(F)cc3n2C)CC1)C1CCCCC1. The Morgan fingerprint density at radius 3 is 2.29 bits per heavy atom. The molecule has 68 heavy (non-hydrogen) atoms. The zero-order valence-electron chi connectivity index (χ0n) is 39.0. The summed E-state index contributed by atoms with van der Waals surface area (Å²) in [5.41, 5.74) is 1.38. The lowest BCUT2D eigenvalue weighted by Crippen LogP contribution is -2.59. The number of rotatable bonds is 21. The lowest BCUT2D eigenvalue weighted by Gasteiger charge is -2.39. The van der Waals surface area contributed by atoms with Crippen LogP contribution in [0.5, 0.6) is 17.4 Å². The van der Waals surface area contributed by atoms with Gasteiger partial charge in [-0.3, -0.25) is 24.3 Å². The van der Waals surface area contributed by atoms with E-state index in [0.29, 0.717) is 24.5 Å². The number of thiophene rings is 1. The molecule has 1 aromatic carbocycles. The van der Waals surface area contributed by atoms with Crippen LogP contribution in [0, 0.1) is 17.6 Å². The average molecular weight is 965 g/mol. The number of fused-ring (bicyclic) bond motifs is 2. The molecule has 4 aromatic heterocycles. The van der Waals surface area contributed by atoms with E-state index in [4.69, 9.17) is 28.2 Å². The van der Waals surface area contributed by atoms with Gasteiger partial charge in [-0.25, -0.2) is 8.78 Å². The summed E-state index contributed by atoms with van der Waals surface area (Å²) < 4.78 is 66.8. The first-order valence-electron chi connectivity index (χ1n) is 23.7. The normalized spacial score (nSPS) is 17.4. The largest absolute Gasteiger partial charge is 0.489 e. The van der Waals surface area contributed by atoms with Crippen LogP contribution >= 0.6 is 11.3 Å². The summed E-state index contributed by atoms with van der Waals surface area (Å²) in [4.78, 5) is 51.1. The predicted molar refractivity (Wildman–Crippen MR) is 250 cm³/mol. The van der Waals surface area contributed by atoms with Crippen LogP contribution in [-0.4, -0.2) is 151 Å². The van der Waals surface area contributed by atoms with Gasteiger partial charge in [0.05, 0.1) is 54.7 Å². The molecule has 5 aromatic rings. The maximum atomic E-state index is 14.6. The van der Waals surface area contributed by atoms with Crippen molar-refractivity contribution in [3.05, 3.63) is 65.0 Å². The number of halogens is 2. The Labute approximate surface area is 398 Å². The van der Waals surface area contributed by atoms with Crippen LogP contribution < -0.4 is 24.8 Å². The Hall–Kier alpha value is -5.41. The minimum Gasteiger partial charge on any atom is -0.489 e. The van der Waals surface area contributed by atoms with Crippen molar-refractivity contribution in [3.8, 4) is 17.4 Å². The summed E-state index contributed by atoms with van der Waals surface area (Å²) in [5.74, 6) is -0.719. The Balaban J connectivity index is 0.751. The first-order chi connectivity index (χ1) is 33.1. The van der Waals surface area contributed by atoms with E-state index in [1.807, 2.05) is 17.5 Å². The number of aryl methyl sites for hydroxylation is 1. The number of nitrogens with one attached hydrogen (secondary N) is 2. The summed E-state index contributed by atoms with van der Waals surface area (Å²) in [5, 5.41) is 12.3. The fourth-order valence-electron chi connectivity index (χ4n) is 9.21. The van der Waals surface area contributed by atoms with Crippen molar-refractivity contribution < 1.29 is 51.4 Å². The van der Waals surface area contributed by atoms with Crippen LogP contribution in [0.3, 0.4) is 0 Å². The van der Waals surface area contributed by atoms with E-state index in [9.17, 15) is 23.2 Å². The van der Waals surface area contributed by atoms with Crippen molar-refractivity contribution in [3.63, 3.8) is 0 Å². The van der Waals surface area contributed by atoms with Crippen molar-refractivity contribution in [1.29, 1.82) is 0 Å². The molecule has 20 heteroatoms. The molecule has 1 saturated carbocycles. The smallest absolute Gasteiger partial charge is 0.274 e. The molecule has 17 nitrogen and oxygen atoms in total. The molecule has 3 fully saturated rings. The van der Waals surface area contributed by atoms with Gasteiger partial charge >= 0.3 is 0 Å². The topological polar surface area (TPSA) is 175 Å². The Bertz CT molecular complexity index is 2480. The van der Waals surface area contributed by atoms with E-state index in [-0.39, 0.29) is 99.9 Å². The lowest BCUT2D eigenvalue weighted by molar-refractivity contribution is -0.140. The Morgan fingerprint density at radius 1 is 0.868 bits per heavy atom. The molecule has 8 rings (SSSR count). The number of benzene rings is 1. The van der Waals surface area contributed by atoms with Crippen LogP contribution in [-0.2, 0) is 32.7 Å². The van der Waals surface area contributed by atoms with Crippen LogP contribution in [0.2, 0.25) is 0 Å². The number of piperazine rings is 1. The van der Waals surface area contributed by atoms with Gasteiger partial charge in [0, 0.05) is 70.0 Å². The van der Waals surface area contributed by atoms with Gasteiger partial charge < -0.3 is 53.2 Å².